The van der Waals surface area contributed by atoms with Crippen LogP contribution in [0.1, 0.15) is 12.8 Å². The van der Waals surface area contributed by atoms with E-state index in [9.17, 15) is 0 Å². The Balaban J connectivity index is 2.81. The lowest BCUT2D eigenvalue weighted by molar-refractivity contribution is 0.685. The minimum absolute atomic E-state index is 1.07. The molecule has 1 aliphatic heterocycles. The molecular weight excluding hydrogens is 122 g/mol. The summed E-state index contributed by atoms with van der Waals surface area (Å²) in [6, 6.07) is 0. The highest BCUT2D eigenvalue weighted by molar-refractivity contribution is 5.31. The molecule has 0 bridgehead atoms. The topological polar surface area (TPSA) is 12.0 Å². The van der Waals surface area contributed by atoms with Crippen molar-refractivity contribution >= 4 is 0 Å². The van der Waals surface area contributed by atoms with E-state index in [2.05, 4.69) is 18.5 Å². The lowest BCUT2D eigenvalue weighted by Gasteiger charge is -2.16. The summed E-state index contributed by atoms with van der Waals surface area (Å²) in [6.45, 7) is 8.52. The summed E-state index contributed by atoms with van der Waals surface area (Å²) >= 11 is 0. The molecule has 0 aliphatic carbocycles. The number of allylic oxidation sites excluding steroid dienone is 3. The summed E-state index contributed by atoms with van der Waals surface area (Å²) in [5.41, 5.74) is 2.45. The Labute approximate surface area is 62.1 Å². The molecule has 0 fully saturated rings. The van der Waals surface area contributed by atoms with Crippen LogP contribution in [0.25, 0.3) is 0 Å². The van der Waals surface area contributed by atoms with Gasteiger partial charge in [0.05, 0.1) is 0 Å². The van der Waals surface area contributed by atoms with E-state index in [1.807, 2.05) is 12.2 Å². The Morgan fingerprint density at radius 2 is 2.10 bits per heavy atom. The highest BCUT2D eigenvalue weighted by atomic mass is 14.9. The molecule has 0 atom stereocenters. The fraction of sp³-hybridized carbons (Fsp3) is 0.333. The monoisotopic (exact) mass is 135 g/mol. The second kappa shape index (κ2) is 3.25. The van der Waals surface area contributed by atoms with Crippen LogP contribution in [0.5, 0.6) is 0 Å². The molecule has 54 valence electrons. The normalized spacial score (nSPS) is 18.0. The molecule has 1 rings (SSSR count). The van der Waals surface area contributed by atoms with Gasteiger partial charge >= 0.3 is 0 Å². The second-order valence-electron chi connectivity index (χ2n) is 2.38. The van der Waals surface area contributed by atoms with Crippen molar-refractivity contribution in [1.29, 1.82) is 0 Å². The SMILES string of the molecule is C=CC1=C(C=C)NCCC1. The minimum Gasteiger partial charge on any atom is -0.385 e. The van der Waals surface area contributed by atoms with Crippen molar-refractivity contribution in [2.45, 2.75) is 12.8 Å². The molecule has 0 radical (unpaired) electrons. The first-order valence-electron chi connectivity index (χ1n) is 3.60. The van der Waals surface area contributed by atoms with Crippen LogP contribution < -0.4 is 5.32 Å². The van der Waals surface area contributed by atoms with Gasteiger partial charge in [0, 0.05) is 12.2 Å². The first kappa shape index (κ1) is 7.13. The van der Waals surface area contributed by atoms with Crippen molar-refractivity contribution in [3.8, 4) is 0 Å². The number of hydrogen-bond acceptors (Lipinski definition) is 1. The Morgan fingerprint density at radius 1 is 1.30 bits per heavy atom. The maximum atomic E-state index is 3.74. The number of rotatable bonds is 2. The van der Waals surface area contributed by atoms with Crippen LogP contribution in [-0.2, 0) is 0 Å². The Hall–Kier alpha value is -0.980. The summed E-state index contributed by atoms with van der Waals surface area (Å²) in [5, 5.41) is 3.26. The fourth-order valence-corrected chi connectivity index (χ4v) is 1.17. The maximum Gasteiger partial charge on any atom is 0.0366 e. The van der Waals surface area contributed by atoms with Crippen molar-refractivity contribution in [2.24, 2.45) is 0 Å². The van der Waals surface area contributed by atoms with Gasteiger partial charge in [-0.2, -0.15) is 0 Å². The molecule has 1 heteroatoms. The van der Waals surface area contributed by atoms with E-state index in [1.54, 1.807) is 0 Å². The lowest BCUT2D eigenvalue weighted by atomic mass is 10.0. The predicted molar refractivity (Wildman–Crippen MR) is 44.7 cm³/mol. The molecule has 0 amide bonds. The standard InChI is InChI=1S/C9H13N/c1-3-8-6-5-7-10-9(8)4-2/h3-4,10H,1-2,5-7H2. The van der Waals surface area contributed by atoms with E-state index in [0.717, 1.165) is 18.7 Å². The molecule has 1 N–H and O–H groups in total. The molecule has 0 unspecified atom stereocenters. The van der Waals surface area contributed by atoms with Crippen LogP contribution in [0.3, 0.4) is 0 Å². The van der Waals surface area contributed by atoms with Gasteiger partial charge in [-0.15, -0.1) is 0 Å². The van der Waals surface area contributed by atoms with Crippen molar-refractivity contribution in [3.05, 3.63) is 36.6 Å². The molecule has 0 aromatic heterocycles. The van der Waals surface area contributed by atoms with E-state index in [1.165, 1.54) is 12.0 Å². The van der Waals surface area contributed by atoms with Gasteiger partial charge in [-0.1, -0.05) is 19.2 Å². The zero-order valence-electron chi connectivity index (χ0n) is 6.19. The molecular formula is C9H13N. The first-order valence-corrected chi connectivity index (χ1v) is 3.60. The average Bonchev–Trinajstić information content (AvgIpc) is 2.04. The quantitative estimate of drug-likeness (QED) is 0.610. The second-order valence-corrected chi connectivity index (χ2v) is 2.38. The van der Waals surface area contributed by atoms with E-state index in [-0.39, 0.29) is 0 Å². The molecule has 0 saturated carbocycles. The lowest BCUT2D eigenvalue weighted by Crippen LogP contribution is -2.19. The zero-order valence-corrected chi connectivity index (χ0v) is 6.19. The summed E-state index contributed by atoms with van der Waals surface area (Å²) in [4.78, 5) is 0. The van der Waals surface area contributed by atoms with E-state index in [0.29, 0.717) is 0 Å². The summed E-state index contributed by atoms with van der Waals surface area (Å²) in [5.74, 6) is 0. The van der Waals surface area contributed by atoms with Crippen LogP contribution in [0, 0.1) is 0 Å². The molecule has 10 heavy (non-hydrogen) atoms. The molecule has 1 aliphatic rings. The number of hydrogen-bond donors (Lipinski definition) is 1. The molecule has 1 heterocycles. The Kier molecular flexibility index (Phi) is 2.32. The summed E-state index contributed by atoms with van der Waals surface area (Å²) in [6.07, 6.45) is 6.11. The van der Waals surface area contributed by atoms with Gasteiger partial charge in [0.2, 0.25) is 0 Å². The van der Waals surface area contributed by atoms with Crippen LogP contribution in [0.15, 0.2) is 36.6 Å². The van der Waals surface area contributed by atoms with Crippen molar-refractivity contribution in [3.63, 3.8) is 0 Å². The summed E-state index contributed by atoms with van der Waals surface area (Å²) < 4.78 is 0. The van der Waals surface area contributed by atoms with Crippen LogP contribution in [0.2, 0.25) is 0 Å². The van der Waals surface area contributed by atoms with Gasteiger partial charge in [0.1, 0.15) is 0 Å². The van der Waals surface area contributed by atoms with E-state index < -0.39 is 0 Å². The van der Waals surface area contributed by atoms with Crippen molar-refractivity contribution < 1.29 is 0 Å². The zero-order chi connectivity index (χ0) is 7.40. The largest absolute Gasteiger partial charge is 0.385 e. The third-order valence-electron chi connectivity index (χ3n) is 1.73. The maximum absolute atomic E-state index is 3.74. The van der Waals surface area contributed by atoms with Gasteiger partial charge in [-0.25, -0.2) is 0 Å². The summed E-state index contributed by atoms with van der Waals surface area (Å²) in [7, 11) is 0. The predicted octanol–water partition coefficient (Wildman–Crippen LogP) is 2.00. The Bertz CT molecular complexity index is 157. The highest BCUT2D eigenvalue weighted by Gasteiger charge is 2.04. The van der Waals surface area contributed by atoms with Gasteiger partial charge in [-0.05, 0) is 24.5 Å². The fourth-order valence-electron chi connectivity index (χ4n) is 1.17. The first-order chi connectivity index (χ1) is 4.88. The molecule has 0 aromatic carbocycles. The van der Waals surface area contributed by atoms with E-state index in [4.69, 9.17) is 0 Å². The van der Waals surface area contributed by atoms with Gasteiger partial charge in [0.15, 0.2) is 0 Å². The molecule has 1 nitrogen and oxygen atoms in total. The third-order valence-corrected chi connectivity index (χ3v) is 1.73. The van der Waals surface area contributed by atoms with Crippen LogP contribution >= 0.6 is 0 Å². The minimum atomic E-state index is 1.07. The average molecular weight is 135 g/mol. The van der Waals surface area contributed by atoms with Gasteiger partial charge in [0.25, 0.3) is 0 Å². The van der Waals surface area contributed by atoms with Gasteiger partial charge in [-0.3, -0.25) is 0 Å². The Morgan fingerprint density at radius 3 is 2.60 bits per heavy atom. The van der Waals surface area contributed by atoms with Gasteiger partial charge < -0.3 is 5.32 Å². The highest BCUT2D eigenvalue weighted by Crippen LogP contribution is 2.15. The molecule has 0 saturated heterocycles. The van der Waals surface area contributed by atoms with Crippen LogP contribution in [0.4, 0.5) is 0 Å². The van der Waals surface area contributed by atoms with Crippen LogP contribution in [-0.4, -0.2) is 6.54 Å². The smallest absolute Gasteiger partial charge is 0.0366 e. The van der Waals surface area contributed by atoms with E-state index >= 15 is 0 Å². The third kappa shape index (κ3) is 1.29. The number of nitrogens with one attached hydrogen (secondary N) is 1. The molecule has 0 spiro atoms. The van der Waals surface area contributed by atoms with Crippen molar-refractivity contribution in [1.82, 2.24) is 5.32 Å². The van der Waals surface area contributed by atoms with Crippen molar-refractivity contribution in [2.75, 3.05) is 6.54 Å². The molecule has 0 aromatic rings.